The van der Waals surface area contributed by atoms with E-state index in [1.807, 2.05) is 6.92 Å². The topological polar surface area (TPSA) is 20.2 Å². The first-order valence-corrected chi connectivity index (χ1v) is 6.53. The summed E-state index contributed by atoms with van der Waals surface area (Å²) in [6.07, 6.45) is 12.7. The highest BCUT2D eigenvalue weighted by molar-refractivity contribution is 5.46. The Morgan fingerprint density at radius 3 is 2.47 bits per heavy atom. The molecule has 1 heteroatoms. The van der Waals surface area contributed by atoms with E-state index < -0.39 is 0 Å². The highest BCUT2D eigenvalue weighted by atomic mass is 16.3. The van der Waals surface area contributed by atoms with Gasteiger partial charge in [0.2, 0.25) is 0 Å². The fourth-order valence-electron chi connectivity index (χ4n) is 2.44. The lowest BCUT2D eigenvalue weighted by molar-refractivity contribution is 0.148. The van der Waals surface area contributed by atoms with Crippen molar-refractivity contribution in [2.75, 3.05) is 0 Å². The molecule has 0 saturated heterocycles. The quantitative estimate of drug-likeness (QED) is 0.782. The molecule has 0 spiro atoms. The Labute approximate surface area is 104 Å². The van der Waals surface area contributed by atoms with E-state index in [2.05, 4.69) is 44.2 Å². The predicted octanol–water partition coefficient (Wildman–Crippen LogP) is 3.78. The van der Waals surface area contributed by atoms with E-state index in [0.29, 0.717) is 5.92 Å². The van der Waals surface area contributed by atoms with E-state index in [-0.39, 0.29) is 12.0 Å². The smallest absolute Gasteiger partial charge is 0.0577 e. The predicted molar refractivity (Wildman–Crippen MR) is 72.6 cm³/mol. The Bertz CT molecular complexity index is 405. The molecule has 0 fully saturated rings. The van der Waals surface area contributed by atoms with Crippen LogP contribution >= 0.6 is 0 Å². The van der Waals surface area contributed by atoms with Crippen LogP contribution in [0.2, 0.25) is 0 Å². The van der Waals surface area contributed by atoms with E-state index in [9.17, 15) is 5.11 Å². The van der Waals surface area contributed by atoms with Crippen molar-refractivity contribution in [3.05, 3.63) is 47.1 Å². The number of allylic oxidation sites excluding steroid dienone is 7. The molecule has 0 aromatic rings. The molecular weight excluding hydrogens is 208 g/mol. The Morgan fingerprint density at radius 1 is 1.12 bits per heavy atom. The minimum absolute atomic E-state index is 0.255. The highest BCUT2D eigenvalue weighted by Gasteiger charge is 2.20. The van der Waals surface area contributed by atoms with E-state index in [1.54, 1.807) is 0 Å². The molecule has 0 aliphatic heterocycles. The standard InChI is InChI=1S/C16H22O/c1-11(2)13-7-8-16(9-13)15-6-4-5-14(10-15)12(3)17/h4-8,11-12,14,17H,9-10H2,1-3H3. The van der Waals surface area contributed by atoms with Crippen molar-refractivity contribution in [3.8, 4) is 0 Å². The maximum Gasteiger partial charge on any atom is 0.0577 e. The third kappa shape index (κ3) is 2.78. The van der Waals surface area contributed by atoms with Gasteiger partial charge in [-0.1, -0.05) is 49.8 Å². The van der Waals surface area contributed by atoms with Crippen LogP contribution in [-0.4, -0.2) is 11.2 Å². The molecule has 2 unspecified atom stereocenters. The molecule has 2 rings (SSSR count). The summed E-state index contributed by atoms with van der Waals surface area (Å²) in [5.74, 6) is 0.912. The maximum atomic E-state index is 9.67. The second-order valence-electron chi connectivity index (χ2n) is 5.45. The van der Waals surface area contributed by atoms with Gasteiger partial charge in [-0.15, -0.1) is 0 Å². The molecule has 0 aromatic carbocycles. The second kappa shape index (κ2) is 5.05. The van der Waals surface area contributed by atoms with Crippen LogP contribution in [0, 0.1) is 11.8 Å². The van der Waals surface area contributed by atoms with Crippen molar-refractivity contribution >= 4 is 0 Å². The van der Waals surface area contributed by atoms with Crippen LogP contribution in [-0.2, 0) is 0 Å². The number of rotatable bonds is 3. The van der Waals surface area contributed by atoms with Crippen molar-refractivity contribution < 1.29 is 5.11 Å². The largest absolute Gasteiger partial charge is 0.393 e. The lowest BCUT2D eigenvalue weighted by Gasteiger charge is -2.22. The van der Waals surface area contributed by atoms with Gasteiger partial charge in [-0.3, -0.25) is 0 Å². The van der Waals surface area contributed by atoms with Crippen LogP contribution in [0.5, 0.6) is 0 Å². The van der Waals surface area contributed by atoms with Gasteiger partial charge >= 0.3 is 0 Å². The number of aliphatic hydroxyl groups is 1. The maximum absolute atomic E-state index is 9.67. The first kappa shape index (κ1) is 12.4. The van der Waals surface area contributed by atoms with Crippen molar-refractivity contribution in [1.82, 2.24) is 0 Å². The number of aliphatic hydroxyl groups excluding tert-OH is 1. The highest BCUT2D eigenvalue weighted by Crippen LogP contribution is 2.34. The first-order valence-electron chi connectivity index (χ1n) is 6.53. The van der Waals surface area contributed by atoms with Gasteiger partial charge in [0.05, 0.1) is 6.10 Å². The molecule has 0 radical (unpaired) electrons. The average Bonchev–Trinajstić information content (AvgIpc) is 2.78. The van der Waals surface area contributed by atoms with Gasteiger partial charge in [0, 0.05) is 5.92 Å². The van der Waals surface area contributed by atoms with Gasteiger partial charge in [-0.05, 0) is 36.8 Å². The minimum atomic E-state index is -0.255. The van der Waals surface area contributed by atoms with Gasteiger partial charge in [0.15, 0.2) is 0 Å². The Morgan fingerprint density at radius 2 is 1.88 bits per heavy atom. The van der Waals surface area contributed by atoms with E-state index in [4.69, 9.17) is 0 Å². The summed E-state index contributed by atoms with van der Waals surface area (Å²) in [5, 5.41) is 9.67. The van der Waals surface area contributed by atoms with Crippen LogP contribution in [0.4, 0.5) is 0 Å². The van der Waals surface area contributed by atoms with E-state index in [1.165, 1.54) is 16.7 Å². The third-order valence-electron chi connectivity index (χ3n) is 3.78. The van der Waals surface area contributed by atoms with Crippen LogP contribution in [0.15, 0.2) is 47.1 Å². The molecular formula is C16H22O. The van der Waals surface area contributed by atoms with Crippen LogP contribution in [0.1, 0.15) is 33.6 Å². The molecule has 0 saturated carbocycles. The average molecular weight is 230 g/mol. The second-order valence-corrected chi connectivity index (χ2v) is 5.45. The first-order chi connectivity index (χ1) is 8.08. The monoisotopic (exact) mass is 230 g/mol. The Balaban J connectivity index is 2.03. The molecule has 1 nitrogen and oxygen atoms in total. The molecule has 17 heavy (non-hydrogen) atoms. The van der Waals surface area contributed by atoms with Crippen LogP contribution < -0.4 is 0 Å². The lowest BCUT2D eigenvalue weighted by Crippen LogP contribution is -2.17. The summed E-state index contributed by atoms with van der Waals surface area (Å²) in [6.45, 7) is 6.37. The summed E-state index contributed by atoms with van der Waals surface area (Å²) in [6, 6.07) is 0. The minimum Gasteiger partial charge on any atom is -0.393 e. The molecule has 0 heterocycles. The number of hydrogen-bond acceptors (Lipinski definition) is 1. The van der Waals surface area contributed by atoms with Crippen molar-refractivity contribution in [2.24, 2.45) is 11.8 Å². The molecule has 0 bridgehead atoms. The van der Waals surface area contributed by atoms with Gasteiger partial charge in [0.1, 0.15) is 0 Å². The normalized spacial score (nSPS) is 25.7. The number of hydrogen-bond donors (Lipinski definition) is 1. The Kier molecular flexibility index (Phi) is 3.68. The van der Waals surface area contributed by atoms with Crippen molar-refractivity contribution in [2.45, 2.75) is 39.7 Å². The molecule has 0 aromatic heterocycles. The van der Waals surface area contributed by atoms with Gasteiger partial charge in [-0.25, -0.2) is 0 Å². The summed E-state index contributed by atoms with van der Waals surface area (Å²) < 4.78 is 0. The molecule has 0 amide bonds. The summed E-state index contributed by atoms with van der Waals surface area (Å²) in [5.41, 5.74) is 4.35. The zero-order valence-electron chi connectivity index (χ0n) is 11.0. The van der Waals surface area contributed by atoms with E-state index >= 15 is 0 Å². The summed E-state index contributed by atoms with van der Waals surface area (Å²) >= 11 is 0. The summed E-state index contributed by atoms with van der Waals surface area (Å²) in [7, 11) is 0. The van der Waals surface area contributed by atoms with Gasteiger partial charge in [0.25, 0.3) is 0 Å². The zero-order chi connectivity index (χ0) is 12.4. The summed E-state index contributed by atoms with van der Waals surface area (Å²) in [4.78, 5) is 0. The van der Waals surface area contributed by atoms with Crippen LogP contribution in [0.25, 0.3) is 0 Å². The van der Waals surface area contributed by atoms with Crippen molar-refractivity contribution in [3.63, 3.8) is 0 Å². The Hall–Kier alpha value is -1.08. The molecule has 2 atom stereocenters. The fourth-order valence-corrected chi connectivity index (χ4v) is 2.44. The van der Waals surface area contributed by atoms with Crippen molar-refractivity contribution in [1.29, 1.82) is 0 Å². The molecule has 2 aliphatic carbocycles. The molecule has 92 valence electrons. The third-order valence-corrected chi connectivity index (χ3v) is 3.78. The van der Waals surface area contributed by atoms with Gasteiger partial charge in [-0.2, -0.15) is 0 Å². The molecule has 1 N–H and O–H groups in total. The lowest BCUT2D eigenvalue weighted by atomic mass is 9.85. The van der Waals surface area contributed by atoms with Gasteiger partial charge < -0.3 is 5.11 Å². The SMILES string of the molecule is CC(C)C1=CC=C(C2=CC=CC(C(C)O)C2)C1. The molecule has 2 aliphatic rings. The fraction of sp³-hybridized carbons (Fsp3) is 0.500. The van der Waals surface area contributed by atoms with Crippen LogP contribution in [0.3, 0.4) is 0 Å². The zero-order valence-corrected chi connectivity index (χ0v) is 11.0. The van der Waals surface area contributed by atoms with E-state index in [0.717, 1.165) is 12.8 Å².